The van der Waals surface area contributed by atoms with Crippen LogP contribution in [0.2, 0.25) is 0 Å². The molecule has 0 radical (unpaired) electrons. The predicted molar refractivity (Wildman–Crippen MR) is 75.9 cm³/mol. The highest BCUT2D eigenvalue weighted by Gasteiger charge is 2.25. The SMILES string of the molecule is Cc1cnc2c(c1)c(B(O)O)cn2C(=O)OC(C)(C)C. The maximum Gasteiger partial charge on any atom is 0.490 e. The van der Waals surface area contributed by atoms with Crippen LogP contribution in [0.25, 0.3) is 11.0 Å². The van der Waals surface area contributed by atoms with E-state index in [0.717, 1.165) is 5.56 Å². The molecule has 0 spiro atoms. The molecule has 2 aromatic rings. The summed E-state index contributed by atoms with van der Waals surface area (Å²) in [5.74, 6) is 0. The predicted octanol–water partition coefficient (Wildman–Crippen LogP) is 0.808. The summed E-state index contributed by atoms with van der Waals surface area (Å²) in [6.45, 7) is 7.12. The first-order chi connectivity index (χ1) is 9.19. The summed E-state index contributed by atoms with van der Waals surface area (Å²) in [4.78, 5) is 16.3. The van der Waals surface area contributed by atoms with Gasteiger partial charge in [0, 0.05) is 23.2 Å². The smallest absolute Gasteiger partial charge is 0.443 e. The topological polar surface area (TPSA) is 84.6 Å². The molecular weight excluding hydrogens is 259 g/mol. The Hall–Kier alpha value is -1.86. The number of carbonyl (C=O) groups is 1. The average molecular weight is 276 g/mol. The molecule has 2 aromatic heterocycles. The van der Waals surface area contributed by atoms with Crippen LogP contribution in [-0.2, 0) is 4.74 Å². The van der Waals surface area contributed by atoms with E-state index in [-0.39, 0.29) is 5.46 Å². The molecular formula is C13H17BN2O4. The van der Waals surface area contributed by atoms with Crippen molar-refractivity contribution >= 4 is 29.7 Å². The van der Waals surface area contributed by atoms with Gasteiger partial charge in [-0.3, -0.25) is 0 Å². The van der Waals surface area contributed by atoms with Crippen molar-refractivity contribution in [2.45, 2.75) is 33.3 Å². The number of carbonyl (C=O) groups excluding carboxylic acids is 1. The second-order valence-electron chi connectivity index (χ2n) is 5.69. The molecule has 20 heavy (non-hydrogen) atoms. The van der Waals surface area contributed by atoms with Gasteiger partial charge in [-0.15, -0.1) is 0 Å². The Bertz CT molecular complexity index is 658. The van der Waals surface area contributed by atoms with E-state index in [1.165, 1.54) is 10.8 Å². The second kappa shape index (κ2) is 4.92. The maximum atomic E-state index is 12.1. The number of hydrogen-bond acceptors (Lipinski definition) is 5. The van der Waals surface area contributed by atoms with Crippen LogP contribution in [0.5, 0.6) is 0 Å². The second-order valence-corrected chi connectivity index (χ2v) is 5.69. The van der Waals surface area contributed by atoms with Crippen LogP contribution >= 0.6 is 0 Å². The lowest BCUT2D eigenvalue weighted by molar-refractivity contribution is 0.0544. The van der Waals surface area contributed by atoms with Crippen molar-refractivity contribution in [2.24, 2.45) is 0 Å². The van der Waals surface area contributed by atoms with Gasteiger partial charge in [0.1, 0.15) is 11.2 Å². The Morgan fingerprint density at radius 3 is 2.60 bits per heavy atom. The molecule has 106 valence electrons. The van der Waals surface area contributed by atoms with Gasteiger partial charge in [0.15, 0.2) is 0 Å². The minimum absolute atomic E-state index is 0.224. The van der Waals surface area contributed by atoms with E-state index in [0.29, 0.717) is 11.0 Å². The number of pyridine rings is 1. The van der Waals surface area contributed by atoms with Gasteiger partial charge in [-0.25, -0.2) is 14.3 Å². The normalized spacial score (nSPS) is 11.7. The van der Waals surface area contributed by atoms with Crippen LogP contribution in [0.4, 0.5) is 4.79 Å². The lowest BCUT2D eigenvalue weighted by atomic mass is 9.80. The monoisotopic (exact) mass is 276 g/mol. The van der Waals surface area contributed by atoms with Gasteiger partial charge >= 0.3 is 13.2 Å². The van der Waals surface area contributed by atoms with Crippen molar-refractivity contribution in [1.29, 1.82) is 0 Å². The lowest BCUT2D eigenvalue weighted by Crippen LogP contribution is -2.30. The third-order valence-corrected chi connectivity index (χ3v) is 2.68. The van der Waals surface area contributed by atoms with Crippen LogP contribution in [0.3, 0.4) is 0 Å². The van der Waals surface area contributed by atoms with E-state index in [2.05, 4.69) is 4.98 Å². The molecule has 0 aliphatic rings. The first-order valence-corrected chi connectivity index (χ1v) is 6.26. The Morgan fingerprint density at radius 1 is 1.40 bits per heavy atom. The summed E-state index contributed by atoms with van der Waals surface area (Å²) in [7, 11) is -1.68. The standard InChI is InChI=1S/C13H17BN2O4/c1-8-5-9-10(14(18)19)7-16(11(9)15-6-8)12(17)20-13(2,3)4/h5-7,18-19H,1-4H3. The van der Waals surface area contributed by atoms with Gasteiger partial charge < -0.3 is 14.8 Å². The van der Waals surface area contributed by atoms with Gasteiger partial charge in [0.05, 0.1) is 0 Å². The van der Waals surface area contributed by atoms with Crippen molar-refractivity contribution in [3.05, 3.63) is 24.0 Å². The van der Waals surface area contributed by atoms with E-state index in [1.807, 2.05) is 6.92 Å². The molecule has 0 saturated heterocycles. The Balaban J connectivity index is 2.57. The molecule has 2 rings (SSSR count). The first-order valence-electron chi connectivity index (χ1n) is 6.26. The molecule has 0 atom stereocenters. The fraction of sp³-hybridized carbons (Fsp3) is 0.385. The molecule has 0 aliphatic carbocycles. The van der Waals surface area contributed by atoms with Gasteiger partial charge in [0.25, 0.3) is 0 Å². The van der Waals surface area contributed by atoms with Crippen molar-refractivity contribution in [3.8, 4) is 0 Å². The van der Waals surface area contributed by atoms with Crippen LogP contribution < -0.4 is 5.46 Å². The van der Waals surface area contributed by atoms with E-state index in [1.54, 1.807) is 33.0 Å². The van der Waals surface area contributed by atoms with Crippen LogP contribution in [-0.4, -0.2) is 38.4 Å². The van der Waals surface area contributed by atoms with Gasteiger partial charge in [-0.05, 0) is 39.3 Å². The summed E-state index contributed by atoms with van der Waals surface area (Å²) < 4.78 is 6.47. The maximum absolute atomic E-state index is 12.1. The van der Waals surface area contributed by atoms with Crippen LogP contribution in [0.1, 0.15) is 26.3 Å². The van der Waals surface area contributed by atoms with Gasteiger partial charge in [-0.1, -0.05) is 0 Å². The van der Waals surface area contributed by atoms with Gasteiger partial charge in [-0.2, -0.15) is 0 Å². The molecule has 0 unspecified atom stereocenters. The highest BCUT2D eigenvalue weighted by Crippen LogP contribution is 2.16. The van der Waals surface area contributed by atoms with E-state index in [4.69, 9.17) is 4.74 Å². The molecule has 2 N–H and O–H groups in total. The molecule has 6 nitrogen and oxygen atoms in total. The summed E-state index contributed by atoms with van der Waals surface area (Å²) in [5.41, 5.74) is 0.785. The minimum atomic E-state index is -1.68. The molecule has 0 aromatic carbocycles. The fourth-order valence-electron chi connectivity index (χ4n) is 1.89. The zero-order valence-corrected chi connectivity index (χ0v) is 11.9. The molecule has 0 fully saturated rings. The van der Waals surface area contributed by atoms with Crippen molar-refractivity contribution in [1.82, 2.24) is 9.55 Å². The molecule has 0 saturated carbocycles. The Morgan fingerprint density at radius 2 is 2.05 bits per heavy atom. The molecule has 0 amide bonds. The quantitative estimate of drug-likeness (QED) is 0.753. The number of aromatic nitrogens is 2. The third-order valence-electron chi connectivity index (χ3n) is 2.68. The largest absolute Gasteiger partial charge is 0.490 e. The summed E-state index contributed by atoms with van der Waals surface area (Å²) in [6, 6.07) is 1.75. The minimum Gasteiger partial charge on any atom is -0.443 e. The summed E-state index contributed by atoms with van der Waals surface area (Å²) >= 11 is 0. The van der Waals surface area contributed by atoms with Crippen molar-refractivity contribution in [2.75, 3.05) is 0 Å². The molecule has 2 heterocycles. The molecule has 0 bridgehead atoms. The number of rotatable bonds is 1. The average Bonchev–Trinajstić information content (AvgIpc) is 2.65. The zero-order chi connectivity index (χ0) is 15.1. The van der Waals surface area contributed by atoms with Crippen molar-refractivity contribution in [3.63, 3.8) is 0 Å². The number of nitrogens with zero attached hydrogens (tertiary/aromatic N) is 2. The van der Waals surface area contributed by atoms with Crippen LogP contribution in [0.15, 0.2) is 18.5 Å². The van der Waals surface area contributed by atoms with Crippen LogP contribution in [0, 0.1) is 6.92 Å². The van der Waals surface area contributed by atoms with E-state index >= 15 is 0 Å². The summed E-state index contributed by atoms with van der Waals surface area (Å²) in [5, 5.41) is 19.3. The van der Waals surface area contributed by atoms with E-state index in [9.17, 15) is 14.8 Å². The zero-order valence-electron chi connectivity index (χ0n) is 11.9. The Kier molecular flexibility index (Phi) is 3.58. The highest BCUT2D eigenvalue weighted by atomic mass is 16.6. The molecule has 0 aliphatic heterocycles. The van der Waals surface area contributed by atoms with Crippen molar-refractivity contribution < 1.29 is 19.6 Å². The van der Waals surface area contributed by atoms with Gasteiger partial charge in [0.2, 0.25) is 0 Å². The highest BCUT2D eigenvalue weighted by molar-refractivity contribution is 6.62. The first kappa shape index (κ1) is 14.6. The third kappa shape index (κ3) is 2.83. The molecule has 7 heteroatoms. The lowest BCUT2D eigenvalue weighted by Gasteiger charge is -2.19. The number of aryl methyl sites for hydroxylation is 1. The fourth-order valence-corrected chi connectivity index (χ4v) is 1.89. The number of ether oxygens (including phenoxy) is 1. The van der Waals surface area contributed by atoms with E-state index < -0.39 is 18.8 Å². The number of fused-ring (bicyclic) bond motifs is 1. The summed E-state index contributed by atoms with van der Waals surface area (Å²) in [6.07, 6.45) is 2.35. The Labute approximate surface area is 117 Å². The number of hydrogen-bond donors (Lipinski definition) is 2.